The van der Waals surface area contributed by atoms with E-state index in [1.54, 1.807) is 0 Å². The summed E-state index contributed by atoms with van der Waals surface area (Å²) < 4.78 is 9.73. The van der Waals surface area contributed by atoms with Gasteiger partial charge in [-0.3, -0.25) is 14.5 Å². The van der Waals surface area contributed by atoms with Crippen LogP contribution in [0.3, 0.4) is 0 Å². The Morgan fingerprint density at radius 2 is 1.53 bits per heavy atom. The van der Waals surface area contributed by atoms with Crippen LogP contribution in [0, 0.1) is 0 Å². The molecule has 0 saturated carbocycles. The third-order valence-corrected chi connectivity index (χ3v) is 2.02. The summed E-state index contributed by atoms with van der Waals surface area (Å²) in [7, 11) is 0. The molecule has 0 aliphatic heterocycles. The fourth-order valence-electron chi connectivity index (χ4n) is 1.19. The molecule has 5 nitrogen and oxygen atoms in total. The molecule has 0 N–H and O–H groups in total. The number of allylic oxidation sites excluding steroid dienone is 1. The largest absolute Gasteiger partial charge is 0.465 e. The van der Waals surface area contributed by atoms with E-state index in [2.05, 4.69) is 0 Å². The molecule has 0 aromatic carbocycles. The fourth-order valence-corrected chi connectivity index (χ4v) is 1.19. The van der Waals surface area contributed by atoms with Crippen molar-refractivity contribution in [1.29, 1.82) is 0 Å². The first-order valence-electron chi connectivity index (χ1n) is 5.66. The number of ether oxygens (including phenoxy) is 2. The number of carbonyl (C=O) groups is 2. The Morgan fingerprint density at radius 3 is 1.88 bits per heavy atom. The van der Waals surface area contributed by atoms with Crippen LogP contribution in [-0.2, 0) is 19.1 Å². The van der Waals surface area contributed by atoms with E-state index in [0.29, 0.717) is 26.3 Å². The van der Waals surface area contributed by atoms with Gasteiger partial charge in [0.25, 0.3) is 0 Å². The summed E-state index contributed by atoms with van der Waals surface area (Å²) in [5, 5.41) is 0. The Balaban J connectivity index is 3.86. The van der Waals surface area contributed by atoms with Crippen molar-refractivity contribution in [2.45, 2.75) is 20.8 Å². The molecule has 0 spiro atoms. The summed E-state index contributed by atoms with van der Waals surface area (Å²) >= 11 is 0. The minimum atomic E-state index is -0.282. The summed E-state index contributed by atoms with van der Waals surface area (Å²) in [6.45, 7) is 7.43. The zero-order valence-corrected chi connectivity index (χ0v) is 10.8. The van der Waals surface area contributed by atoms with Gasteiger partial charge in [-0.25, -0.2) is 0 Å². The second-order valence-corrected chi connectivity index (χ2v) is 3.55. The maximum absolute atomic E-state index is 10.6. The fraction of sp³-hybridized carbons (Fsp3) is 0.667. The van der Waals surface area contributed by atoms with Crippen molar-refractivity contribution in [3.8, 4) is 0 Å². The van der Waals surface area contributed by atoms with Crippen LogP contribution in [-0.4, -0.2) is 49.7 Å². The number of hydrogen-bond donors (Lipinski definition) is 0. The molecule has 0 rings (SSSR count). The molecule has 0 aromatic rings. The van der Waals surface area contributed by atoms with Crippen molar-refractivity contribution in [1.82, 2.24) is 4.90 Å². The number of esters is 2. The van der Waals surface area contributed by atoms with E-state index in [1.165, 1.54) is 13.8 Å². The van der Waals surface area contributed by atoms with Crippen LogP contribution in [0.4, 0.5) is 0 Å². The van der Waals surface area contributed by atoms with E-state index in [0.717, 1.165) is 6.54 Å². The highest BCUT2D eigenvalue weighted by Gasteiger charge is 2.04. The van der Waals surface area contributed by atoms with Crippen LogP contribution in [0.25, 0.3) is 0 Å². The van der Waals surface area contributed by atoms with Crippen molar-refractivity contribution in [3.05, 3.63) is 12.2 Å². The van der Waals surface area contributed by atoms with Gasteiger partial charge >= 0.3 is 11.9 Å². The van der Waals surface area contributed by atoms with Crippen molar-refractivity contribution < 1.29 is 19.1 Å². The molecule has 17 heavy (non-hydrogen) atoms. The quantitative estimate of drug-likeness (QED) is 0.470. The van der Waals surface area contributed by atoms with Gasteiger partial charge in [-0.1, -0.05) is 12.2 Å². The number of nitrogens with zero attached hydrogens (tertiary/aromatic N) is 1. The summed E-state index contributed by atoms with van der Waals surface area (Å²) in [6.07, 6.45) is 3.95. The predicted octanol–water partition coefficient (Wildman–Crippen LogP) is 0.991. The van der Waals surface area contributed by atoms with E-state index in [1.807, 2.05) is 24.0 Å². The van der Waals surface area contributed by atoms with Crippen molar-refractivity contribution in [3.63, 3.8) is 0 Å². The average Bonchev–Trinajstić information content (AvgIpc) is 2.24. The molecule has 0 bridgehead atoms. The maximum Gasteiger partial charge on any atom is 0.302 e. The van der Waals surface area contributed by atoms with Gasteiger partial charge in [0.05, 0.1) is 0 Å². The smallest absolute Gasteiger partial charge is 0.302 e. The normalized spacial score (nSPS) is 10.8. The van der Waals surface area contributed by atoms with Crippen LogP contribution < -0.4 is 0 Å². The van der Waals surface area contributed by atoms with Gasteiger partial charge in [-0.05, 0) is 6.92 Å². The highest BCUT2D eigenvalue weighted by atomic mass is 16.5. The zero-order valence-electron chi connectivity index (χ0n) is 10.8. The summed E-state index contributed by atoms with van der Waals surface area (Å²) in [6, 6.07) is 0. The summed E-state index contributed by atoms with van der Waals surface area (Å²) in [4.78, 5) is 23.3. The zero-order chi connectivity index (χ0) is 13.1. The van der Waals surface area contributed by atoms with Crippen molar-refractivity contribution in [2.24, 2.45) is 0 Å². The Labute approximate surface area is 102 Å². The highest BCUT2D eigenvalue weighted by molar-refractivity contribution is 5.66. The van der Waals surface area contributed by atoms with Gasteiger partial charge in [0.2, 0.25) is 0 Å². The molecule has 0 saturated heterocycles. The minimum absolute atomic E-state index is 0.282. The number of hydrogen-bond acceptors (Lipinski definition) is 5. The molecule has 0 aromatic heterocycles. The lowest BCUT2D eigenvalue weighted by molar-refractivity contribution is -0.141. The third kappa shape index (κ3) is 10.9. The lowest BCUT2D eigenvalue weighted by Gasteiger charge is -2.19. The molecule has 0 heterocycles. The summed E-state index contributed by atoms with van der Waals surface area (Å²) in [5.41, 5.74) is 0. The molecule has 0 aliphatic rings. The van der Waals surface area contributed by atoms with E-state index >= 15 is 0 Å². The number of carbonyl (C=O) groups excluding carboxylic acids is 2. The Kier molecular flexibility index (Phi) is 9.05. The molecule has 98 valence electrons. The highest BCUT2D eigenvalue weighted by Crippen LogP contribution is 1.92. The molecular weight excluding hydrogens is 222 g/mol. The first kappa shape index (κ1) is 15.6. The van der Waals surface area contributed by atoms with Gasteiger partial charge in [0.15, 0.2) is 0 Å². The minimum Gasteiger partial charge on any atom is -0.465 e. The van der Waals surface area contributed by atoms with Crippen molar-refractivity contribution >= 4 is 11.9 Å². The SMILES string of the molecule is C/C=C/CN(CCOC(C)=O)CCOC(C)=O. The second-order valence-electron chi connectivity index (χ2n) is 3.55. The van der Waals surface area contributed by atoms with Crippen LogP contribution >= 0.6 is 0 Å². The monoisotopic (exact) mass is 243 g/mol. The molecule has 0 radical (unpaired) electrons. The Bertz CT molecular complexity index is 243. The van der Waals surface area contributed by atoms with Gasteiger partial charge in [-0.2, -0.15) is 0 Å². The van der Waals surface area contributed by atoms with Crippen molar-refractivity contribution in [2.75, 3.05) is 32.8 Å². The lowest BCUT2D eigenvalue weighted by atomic mass is 10.4. The van der Waals surface area contributed by atoms with E-state index in [9.17, 15) is 9.59 Å². The van der Waals surface area contributed by atoms with Gasteiger partial charge in [-0.15, -0.1) is 0 Å². The van der Waals surface area contributed by atoms with Crippen LogP contribution in [0.1, 0.15) is 20.8 Å². The Morgan fingerprint density at radius 1 is 1.06 bits per heavy atom. The van der Waals surface area contributed by atoms with Crippen LogP contribution in [0.15, 0.2) is 12.2 Å². The lowest BCUT2D eigenvalue weighted by Crippen LogP contribution is -2.32. The predicted molar refractivity (Wildman–Crippen MR) is 64.5 cm³/mol. The Hall–Kier alpha value is -1.36. The number of rotatable bonds is 8. The van der Waals surface area contributed by atoms with E-state index < -0.39 is 0 Å². The molecule has 0 fully saturated rings. The topological polar surface area (TPSA) is 55.8 Å². The second kappa shape index (κ2) is 9.84. The molecule has 5 heteroatoms. The molecule has 0 amide bonds. The van der Waals surface area contributed by atoms with Gasteiger partial charge in [0, 0.05) is 33.5 Å². The van der Waals surface area contributed by atoms with Crippen LogP contribution in [0.5, 0.6) is 0 Å². The molecule has 0 atom stereocenters. The molecule has 0 aliphatic carbocycles. The standard InChI is InChI=1S/C12H21NO4/c1-4-5-6-13(7-9-16-11(2)14)8-10-17-12(3)15/h4-5H,6-10H2,1-3H3/b5-4+. The molecular formula is C12H21NO4. The van der Waals surface area contributed by atoms with Crippen LogP contribution in [0.2, 0.25) is 0 Å². The van der Waals surface area contributed by atoms with Gasteiger partial charge in [0.1, 0.15) is 13.2 Å². The first-order valence-corrected chi connectivity index (χ1v) is 5.66. The third-order valence-electron chi connectivity index (χ3n) is 2.02. The first-order chi connectivity index (χ1) is 8.06. The summed E-state index contributed by atoms with van der Waals surface area (Å²) in [5.74, 6) is -0.563. The molecule has 0 unspecified atom stereocenters. The van der Waals surface area contributed by atoms with Gasteiger partial charge < -0.3 is 9.47 Å². The van der Waals surface area contributed by atoms with E-state index in [-0.39, 0.29) is 11.9 Å². The maximum atomic E-state index is 10.6. The van der Waals surface area contributed by atoms with E-state index in [4.69, 9.17) is 9.47 Å². The average molecular weight is 243 g/mol.